The minimum Gasteiger partial charge on any atom is -0.480 e. The van der Waals surface area contributed by atoms with Gasteiger partial charge in [-0.05, 0) is 31.0 Å². The highest BCUT2D eigenvalue weighted by Gasteiger charge is 2.23. The number of nitrogens with zero attached hydrogens (tertiary/aromatic N) is 1. The molecule has 0 aromatic heterocycles. The van der Waals surface area contributed by atoms with E-state index in [1.165, 1.54) is 0 Å². The standard InChI is InChI=1S/C13H18ClNO2/c1-3-8-15(12(4-2)13(16)17)11-7-5-6-10(14)9-11/h5-7,9,12H,3-4,8H2,1-2H3,(H,16,17)/t12-/m1/s1. The Morgan fingerprint density at radius 1 is 1.47 bits per heavy atom. The van der Waals surface area contributed by atoms with Crippen LogP contribution < -0.4 is 4.90 Å². The Labute approximate surface area is 107 Å². The van der Waals surface area contributed by atoms with E-state index in [0.29, 0.717) is 18.0 Å². The van der Waals surface area contributed by atoms with Gasteiger partial charge < -0.3 is 10.0 Å². The molecule has 0 aliphatic rings. The maximum atomic E-state index is 11.2. The highest BCUT2D eigenvalue weighted by Crippen LogP contribution is 2.23. The molecule has 3 nitrogen and oxygen atoms in total. The van der Waals surface area contributed by atoms with Crippen molar-refractivity contribution in [1.82, 2.24) is 0 Å². The molecule has 0 heterocycles. The molecule has 4 heteroatoms. The van der Waals surface area contributed by atoms with Crippen molar-refractivity contribution in [1.29, 1.82) is 0 Å². The predicted molar refractivity (Wildman–Crippen MR) is 70.8 cm³/mol. The van der Waals surface area contributed by atoms with E-state index in [2.05, 4.69) is 0 Å². The van der Waals surface area contributed by atoms with E-state index in [9.17, 15) is 9.90 Å². The number of aliphatic carboxylic acids is 1. The predicted octanol–water partition coefficient (Wildman–Crippen LogP) is 3.42. The Kier molecular flexibility index (Phi) is 5.29. The van der Waals surface area contributed by atoms with Crippen molar-refractivity contribution in [2.45, 2.75) is 32.7 Å². The third kappa shape index (κ3) is 3.63. The van der Waals surface area contributed by atoms with E-state index in [0.717, 1.165) is 12.1 Å². The second kappa shape index (κ2) is 6.50. The van der Waals surface area contributed by atoms with Crippen LogP contribution in [-0.4, -0.2) is 23.7 Å². The summed E-state index contributed by atoms with van der Waals surface area (Å²) in [6.07, 6.45) is 1.47. The van der Waals surface area contributed by atoms with Gasteiger partial charge in [0.05, 0.1) is 0 Å². The molecule has 0 aliphatic carbocycles. The largest absolute Gasteiger partial charge is 0.480 e. The normalized spacial score (nSPS) is 12.2. The van der Waals surface area contributed by atoms with Crippen molar-refractivity contribution in [3.8, 4) is 0 Å². The summed E-state index contributed by atoms with van der Waals surface area (Å²) < 4.78 is 0. The Balaban J connectivity index is 3.03. The molecule has 0 saturated heterocycles. The first-order valence-corrected chi connectivity index (χ1v) is 6.23. The number of rotatable bonds is 6. The zero-order valence-corrected chi connectivity index (χ0v) is 10.9. The van der Waals surface area contributed by atoms with Crippen molar-refractivity contribution in [2.75, 3.05) is 11.4 Å². The molecule has 0 amide bonds. The number of hydrogen-bond donors (Lipinski definition) is 1. The Morgan fingerprint density at radius 3 is 2.65 bits per heavy atom. The SMILES string of the molecule is CCCN(c1cccc(Cl)c1)[C@H](CC)C(=O)O. The summed E-state index contributed by atoms with van der Waals surface area (Å²) in [5.74, 6) is -0.791. The molecule has 1 rings (SSSR count). The summed E-state index contributed by atoms with van der Waals surface area (Å²) in [6.45, 7) is 4.63. The molecule has 0 unspecified atom stereocenters. The smallest absolute Gasteiger partial charge is 0.326 e. The van der Waals surface area contributed by atoms with Crippen LogP contribution in [0.2, 0.25) is 5.02 Å². The lowest BCUT2D eigenvalue weighted by atomic mass is 10.1. The van der Waals surface area contributed by atoms with E-state index in [4.69, 9.17) is 11.6 Å². The van der Waals surface area contributed by atoms with Gasteiger partial charge >= 0.3 is 5.97 Å². The van der Waals surface area contributed by atoms with Crippen LogP contribution in [-0.2, 0) is 4.79 Å². The molecule has 0 saturated carbocycles. The van der Waals surface area contributed by atoms with Gasteiger partial charge in [0.25, 0.3) is 0 Å². The lowest BCUT2D eigenvalue weighted by Crippen LogP contribution is -2.41. The van der Waals surface area contributed by atoms with Crippen molar-refractivity contribution < 1.29 is 9.90 Å². The highest BCUT2D eigenvalue weighted by atomic mass is 35.5. The summed E-state index contributed by atoms with van der Waals surface area (Å²) >= 11 is 5.94. The van der Waals surface area contributed by atoms with Gasteiger partial charge in [0.15, 0.2) is 0 Å². The molecular formula is C13H18ClNO2. The Bertz CT molecular complexity index is 381. The summed E-state index contributed by atoms with van der Waals surface area (Å²) in [4.78, 5) is 13.1. The number of carbonyl (C=O) groups is 1. The number of carboxylic acids is 1. The topological polar surface area (TPSA) is 40.5 Å². The van der Waals surface area contributed by atoms with Gasteiger partial charge in [-0.15, -0.1) is 0 Å². The number of benzene rings is 1. The van der Waals surface area contributed by atoms with Crippen LogP contribution in [0.5, 0.6) is 0 Å². The van der Waals surface area contributed by atoms with E-state index >= 15 is 0 Å². The first kappa shape index (κ1) is 13.8. The molecule has 1 aromatic rings. The first-order chi connectivity index (χ1) is 8.10. The highest BCUT2D eigenvalue weighted by molar-refractivity contribution is 6.30. The molecule has 0 bridgehead atoms. The third-order valence-electron chi connectivity index (χ3n) is 2.65. The summed E-state index contributed by atoms with van der Waals surface area (Å²) in [5.41, 5.74) is 0.869. The molecule has 0 aliphatic heterocycles. The van der Waals surface area contributed by atoms with Crippen LogP contribution >= 0.6 is 11.6 Å². The molecule has 1 aromatic carbocycles. The second-order valence-corrected chi connectivity index (χ2v) is 4.37. The summed E-state index contributed by atoms with van der Waals surface area (Å²) in [5, 5.41) is 9.85. The molecule has 0 spiro atoms. The maximum absolute atomic E-state index is 11.2. The summed E-state index contributed by atoms with van der Waals surface area (Å²) in [7, 11) is 0. The molecular weight excluding hydrogens is 238 g/mol. The van der Waals surface area contributed by atoms with E-state index < -0.39 is 12.0 Å². The van der Waals surface area contributed by atoms with Crippen molar-refractivity contribution >= 4 is 23.3 Å². The zero-order valence-electron chi connectivity index (χ0n) is 10.2. The number of hydrogen-bond acceptors (Lipinski definition) is 2. The third-order valence-corrected chi connectivity index (χ3v) is 2.89. The van der Waals surface area contributed by atoms with E-state index in [1.807, 2.05) is 36.9 Å². The Morgan fingerprint density at radius 2 is 2.18 bits per heavy atom. The average molecular weight is 256 g/mol. The number of carboxylic acid groups (broad SMARTS) is 1. The monoisotopic (exact) mass is 255 g/mol. The van der Waals surface area contributed by atoms with Crippen LogP contribution in [0.25, 0.3) is 0 Å². The van der Waals surface area contributed by atoms with Gasteiger partial charge in [0.1, 0.15) is 6.04 Å². The first-order valence-electron chi connectivity index (χ1n) is 5.85. The number of halogens is 1. The average Bonchev–Trinajstić information content (AvgIpc) is 2.28. The van der Waals surface area contributed by atoms with E-state index in [-0.39, 0.29) is 0 Å². The second-order valence-electron chi connectivity index (χ2n) is 3.94. The quantitative estimate of drug-likeness (QED) is 0.847. The van der Waals surface area contributed by atoms with Gasteiger partial charge in [-0.3, -0.25) is 0 Å². The lowest BCUT2D eigenvalue weighted by Gasteiger charge is -2.30. The minimum atomic E-state index is -0.791. The molecule has 1 N–H and O–H groups in total. The van der Waals surface area contributed by atoms with Gasteiger partial charge in [0, 0.05) is 17.3 Å². The van der Waals surface area contributed by atoms with Crippen LogP contribution in [0, 0.1) is 0 Å². The Hall–Kier alpha value is -1.22. The van der Waals surface area contributed by atoms with Gasteiger partial charge in [-0.25, -0.2) is 4.79 Å². The fraction of sp³-hybridized carbons (Fsp3) is 0.462. The molecule has 17 heavy (non-hydrogen) atoms. The van der Waals surface area contributed by atoms with Gasteiger partial charge in [-0.1, -0.05) is 31.5 Å². The number of anilines is 1. The van der Waals surface area contributed by atoms with Gasteiger partial charge in [-0.2, -0.15) is 0 Å². The van der Waals surface area contributed by atoms with Crippen molar-refractivity contribution in [3.63, 3.8) is 0 Å². The lowest BCUT2D eigenvalue weighted by molar-refractivity contribution is -0.138. The zero-order chi connectivity index (χ0) is 12.8. The van der Waals surface area contributed by atoms with Gasteiger partial charge in [0.2, 0.25) is 0 Å². The van der Waals surface area contributed by atoms with Crippen molar-refractivity contribution in [3.05, 3.63) is 29.3 Å². The van der Waals surface area contributed by atoms with Crippen LogP contribution in [0.15, 0.2) is 24.3 Å². The fourth-order valence-corrected chi connectivity index (χ4v) is 2.07. The molecule has 0 radical (unpaired) electrons. The van der Waals surface area contributed by atoms with Crippen molar-refractivity contribution in [2.24, 2.45) is 0 Å². The molecule has 0 fully saturated rings. The van der Waals surface area contributed by atoms with E-state index in [1.54, 1.807) is 6.07 Å². The van der Waals surface area contributed by atoms with Crippen LogP contribution in [0.1, 0.15) is 26.7 Å². The molecule has 1 atom stereocenters. The van der Waals surface area contributed by atoms with Crippen LogP contribution in [0.3, 0.4) is 0 Å². The van der Waals surface area contributed by atoms with Crippen LogP contribution in [0.4, 0.5) is 5.69 Å². The minimum absolute atomic E-state index is 0.492. The summed E-state index contributed by atoms with van der Waals surface area (Å²) in [6, 6.07) is 6.84. The maximum Gasteiger partial charge on any atom is 0.326 e. The fourth-order valence-electron chi connectivity index (χ4n) is 1.89. The molecule has 94 valence electrons.